The third kappa shape index (κ3) is 2.45. The highest BCUT2D eigenvalue weighted by atomic mass is 32.2. The van der Waals surface area contributed by atoms with Gasteiger partial charge in [-0.15, -0.1) is 0 Å². The maximum Gasteiger partial charge on any atom is 0.336 e. The molecule has 104 valence electrons. The van der Waals surface area contributed by atoms with E-state index in [0.29, 0.717) is 9.79 Å². The molecule has 0 aliphatic carbocycles. The first-order valence-corrected chi connectivity index (χ1v) is 7.55. The molecule has 1 N–H and O–H groups in total. The van der Waals surface area contributed by atoms with Crippen molar-refractivity contribution < 1.29 is 14.1 Å². The van der Waals surface area contributed by atoms with Crippen LogP contribution in [0.15, 0.2) is 76.5 Å². The van der Waals surface area contributed by atoms with Crippen LogP contribution in [-0.2, 0) is 10.8 Å². The molecule has 21 heavy (non-hydrogen) atoms. The Hall–Kier alpha value is -2.46. The number of carbonyl (C=O) groups is 1. The number of hydrogen-bond acceptors (Lipinski definition) is 2. The van der Waals surface area contributed by atoms with Crippen LogP contribution >= 0.6 is 0 Å². The van der Waals surface area contributed by atoms with Crippen LogP contribution < -0.4 is 0 Å². The van der Waals surface area contributed by atoms with Crippen LogP contribution in [0.25, 0.3) is 10.8 Å². The second-order valence-electron chi connectivity index (χ2n) is 4.55. The van der Waals surface area contributed by atoms with Gasteiger partial charge in [-0.25, -0.2) is 9.00 Å². The molecule has 0 fully saturated rings. The number of benzene rings is 3. The maximum atomic E-state index is 12.8. The molecule has 0 unspecified atom stereocenters. The molecular weight excluding hydrogens is 284 g/mol. The number of carboxylic acid groups (broad SMARTS) is 1. The Kier molecular flexibility index (Phi) is 3.54. The van der Waals surface area contributed by atoms with E-state index in [1.54, 1.807) is 24.3 Å². The van der Waals surface area contributed by atoms with Gasteiger partial charge in [-0.1, -0.05) is 48.5 Å². The summed E-state index contributed by atoms with van der Waals surface area (Å²) >= 11 is 0. The monoisotopic (exact) mass is 296 g/mol. The Morgan fingerprint density at radius 3 is 2.24 bits per heavy atom. The van der Waals surface area contributed by atoms with E-state index in [9.17, 15) is 14.1 Å². The topological polar surface area (TPSA) is 54.4 Å². The lowest BCUT2D eigenvalue weighted by Gasteiger charge is -2.09. The highest BCUT2D eigenvalue weighted by Gasteiger charge is 2.17. The van der Waals surface area contributed by atoms with Gasteiger partial charge >= 0.3 is 5.97 Å². The molecular formula is C17H12O3S. The van der Waals surface area contributed by atoms with Gasteiger partial charge in [0.2, 0.25) is 0 Å². The second kappa shape index (κ2) is 5.50. The van der Waals surface area contributed by atoms with Gasteiger partial charge in [-0.05, 0) is 29.0 Å². The summed E-state index contributed by atoms with van der Waals surface area (Å²) in [4.78, 5) is 12.2. The molecule has 0 bridgehead atoms. The first kappa shape index (κ1) is 13.5. The van der Waals surface area contributed by atoms with E-state index >= 15 is 0 Å². The Morgan fingerprint density at radius 2 is 1.43 bits per heavy atom. The van der Waals surface area contributed by atoms with E-state index in [0.717, 1.165) is 10.8 Å². The molecule has 0 saturated heterocycles. The zero-order chi connectivity index (χ0) is 14.8. The summed E-state index contributed by atoms with van der Waals surface area (Å²) in [6, 6.07) is 19.6. The van der Waals surface area contributed by atoms with Gasteiger partial charge in [-0.3, -0.25) is 0 Å². The molecule has 0 aliphatic rings. The van der Waals surface area contributed by atoms with Crippen molar-refractivity contribution in [3.8, 4) is 0 Å². The first-order valence-electron chi connectivity index (χ1n) is 6.40. The molecule has 3 nitrogen and oxygen atoms in total. The lowest BCUT2D eigenvalue weighted by molar-refractivity contribution is 0.0693. The Labute approximate surface area is 124 Å². The van der Waals surface area contributed by atoms with E-state index in [-0.39, 0.29) is 5.56 Å². The second-order valence-corrected chi connectivity index (χ2v) is 5.96. The molecule has 0 heterocycles. The first-order chi connectivity index (χ1) is 10.2. The van der Waals surface area contributed by atoms with Crippen molar-refractivity contribution in [2.75, 3.05) is 0 Å². The van der Waals surface area contributed by atoms with E-state index < -0.39 is 16.8 Å². The zero-order valence-corrected chi connectivity index (χ0v) is 11.8. The highest BCUT2D eigenvalue weighted by Crippen LogP contribution is 2.27. The molecule has 1 atom stereocenters. The average molecular weight is 296 g/mol. The van der Waals surface area contributed by atoms with Gasteiger partial charge in [0.1, 0.15) is 0 Å². The fourth-order valence-electron chi connectivity index (χ4n) is 2.28. The zero-order valence-electron chi connectivity index (χ0n) is 11.0. The third-order valence-corrected chi connectivity index (χ3v) is 4.78. The van der Waals surface area contributed by atoms with Crippen molar-refractivity contribution >= 4 is 27.5 Å². The fraction of sp³-hybridized carbons (Fsp3) is 0. The predicted molar refractivity (Wildman–Crippen MR) is 82.0 cm³/mol. The van der Waals surface area contributed by atoms with Crippen LogP contribution in [0.2, 0.25) is 0 Å². The SMILES string of the molecule is O=C(O)c1ccccc1[S@@](=O)c1cccc2ccccc12. The number of rotatable bonds is 3. The summed E-state index contributed by atoms with van der Waals surface area (Å²) in [5.74, 6) is -1.07. The van der Waals surface area contributed by atoms with Gasteiger partial charge in [0.25, 0.3) is 0 Å². The van der Waals surface area contributed by atoms with Crippen molar-refractivity contribution in [1.29, 1.82) is 0 Å². The molecule has 0 saturated carbocycles. The molecule has 0 spiro atoms. The van der Waals surface area contributed by atoms with E-state index in [4.69, 9.17) is 0 Å². The number of fused-ring (bicyclic) bond motifs is 1. The minimum absolute atomic E-state index is 0.0729. The van der Waals surface area contributed by atoms with Crippen molar-refractivity contribution in [1.82, 2.24) is 0 Å². The van der Waals surface area contributed by atoms with E-state index in [2.05, 4.69) is 0 Å². The molecule has 0 radical (unpaired) electrons. The quantitative estimate of drug-likeness (QED) is 0.801. The lowest BCUT2D eigenvalue weighted by atomic mass is 10.1. The van der Waals surface area contributed by atoms with Crippen molar-refractivity contribution in [2.24, 2.45) is 0 Å². The molecule has 0 aliphatic heterocycles. The smallest absolute Gasteiger partial charge is 0.336 e. The van der Waals surface area contributed by atoms with Crippen LogP contribution in [-0.4, -0.2) is 15.3 Å². The van der Waals surface area contributed by atoms with E-state index in [1.807, 2.05) is 36.4 Å². The minimum Gasteiger partial charge on any atom is -0.478 e. The Bertz CT molecular complexity index is 850. The van der Waals surface area contributed by atoms with Crippen molar-refractivity contribution in [3.63, 3.8) is 0 Å². The number of hydrogen-bond donors (Lipinski definition) is 1. The lowest BCUT2D eigenvalue weighted by Crippen LogP contribution is -2.04. The van der Waals surface area contributed by atoms with Crippen molar-refractivity contribution in [3.05, 3.63) is 72.3 Å². The van der Waals surface area contributed by atoms with Gasteiger partial charge in [-0.2, -0.15) is 0 Å². The summed E-state index contributed by atoms with van der Waals surface area (Å²) in [5, 5.41) is 11.1. The Balaban J connectivity index is 2.20. The minimum atomic E-state index is -1.53. The van der Waals surface area contributed by atoms with Gasteiger partial charge in [0.05, 0.1) is 26.2 Å². The average Bonchev–Trinajstić information content (AvgIpc) is 2.53. The number of carboxylic acids is 1. The summed E-state index contributed by atoms with van der Waals surface area (Å²) in [7, 11) is -1.53. The normalized spacial score (nSPS) is 12.2. The summed E-state index contributed by atoms with van der Waals surface area (Å²) in [6.45, 7) is 0. The Morgan fingerprint density at radius 1 is 0.810 bits per heavy atom. The van der Waals surface area contributed by atoms with Gasteiger partial charge in [0.15, 0.2) is 0 Å². The largest absolute Gasteiger partial charge is 0.478 e. The molecule has 0 amide bonds. The maximum absolute atomic E-state index is 12.8. The van der Waals surface area contributed by atoms with Crippen molar-refractivity contribution in [2.45, 2.75) is 9.79 Å². The number of aromatic carboxylic acids is 1. The molecule has 3 aromatic carbocycles. The summed E-state index contributed by atoms with van der Waals surface area (Å²) in [6.07, 6.45) is 0. The van der Waals surface area contributed by atoms with Crippen LogP contribution in [0.4, 0.5) is 0 Å². The summed E-state index contributed by atoms with van der Waals surface area (Å²) in [5.41, 5.74) is 0.0729. The van der Waals surface area contributed by atoms with E-state index in [1.165, 1.54) is 6.07 Å². The molecule has 3 aromatic rings. The van der Waals surface area contributed by atoms with Crippen LogP contribution in [0.1, 0.15) is 10.4 Å². The van der Waals surface area contributed by atoms with Crippen LogP contribution in [0, 0.1) is 0 Å². The fourth-order valence-corrected chi connectivity index (χ4v) is 3.66. The molecule has 3 rings (SSSR count). The van der Waals surface area contributed by atoms with Crippen LogP contribution in [0.3, 0.4) is 0 Å². The van der Waals surface area contributed by atoms with Gasteiger partial charge in [0, 0.05) is 0 Å². The molecule has 4 heteroatoms. The van der Waals surface area contributed by atoms with Crippen LogP contribution in [0.5, 0.6) is 0 Å². The van der Waals surface area contributed by atoms with Gasteiger partial charge < -0.3 is 5.11 Å². The third-order valence-electron chi connectivity index (χ3n) is 3.27. The highest BCUT2D eigenvalue weighted by molar-refractivity contribution is 7.85. The summed E-state index contributed by atoms with van der Waals surface area (Å²) < 4.78 is 12.8. The standard InChI is InChI=1S/C17H12O3S/c18-17(19)14-9-3-4-10-16(14)21(20)15-11-5-7-12-6-1-2-8-13(12)15/h1-11H,(H,18,19)/t21-/m0/s1. The predicted octanol–water partition coefficient (Wildman–Crippen LogP) is 3.70. The molecule has 0 aromatic heterocycles.